The molecule has 17 heavy (non-hydrogen) atoms. The number of carbonyl (C=O) groups excluding carboxylic acids is 1. The standard InChI is InChI=1S/C11H22N2O3.ClH/c1-15-6-4-12-7-11(14)13-5-3-10(8-13)9-16-2;/h10,12H,3-9H2,1-2H3;1H. The summed E-state index contributed by atoms with van der Waals surface area (Å²) in [6.07, 6.45) is 1.05. The maximum absolute atomic E-state index is 11.7. The van der Waals surface area contributed by atoms with Gasteiger partial charge in [-0.1, -0.05) is 0 Å². The third-order valence-corrected chi connectivity index (χ3v) is 2.80. The van der Waals surface area contributed by atoms with E-state index < -0.39 is 0 Å². The summed E-state index contributed by atoms with van der Waals surface area (Å²) in [6, 6.07) is 0. The first-order valence-corrected chi connectivity index (χ1v) is 5.74. The third kappa shape index (κ3) is 6.21. The Labute approximate surface area is 109 Å². The van der Waals surface area contributed by atoms with Crippen LogP contribution in [-0.4, -0.2) is 64.4 Å². The van der Waals surface area contributed by atoms with Crippen molar-refractivity contribution in [3.05, 3.63) is 0 Å². The van der Waals surface area contributed by atoms with Gasteiger partial charge in [-0.05, 0) is 6.42 Å². The van der Waals surface area contributed by atoms with Crippen LogP contribution in [0.15, 0.2) is 0 Å². The Hall–Kier alpha value is -0.360. The molecule has 1 atom stereocenters. The number of hydrogen-bond acceptors (Lipinski definition) is 4. The molecule has 0 bridgehead atoms. The molecule has 1 heterocycles. The molecule has 5 nitrogen and oxygen atoms in total. The van der Waals surface area contributed by atoms with Crippen LogP contribution in [-0.2, 0) is 14.3 Å². The average Bonchev–Trinajstić information content (AvgIpc) is 2.73. The molecule has 102 valence electrons. The van der Waals surface area contributed by atoms with Crippen LogP contribution < -0.4 is 5.32 Å². The van der Waals surface area contributed by atoms with Gasteiger partial charge >= 0.3 is 0 Å². The molecule has 1 amide bonds. The fraction of sp³-hybridized carbons (Fsp3) is 0.909. The number of methoxy groups -OCH3 is 2. The van der Waals surface area contributed by atoms with Gasteiger partial charge in [0, 0.05) is 39.8 Å². The van der Waals surface area contributed by atoms with Gasteiger partial charge in [0.2, 0.25) is 5.91 Å². The summed E-state index contributed by atoms with van der Waals surface area (Å²) in [5.41, 5.74) is 0. The van der Waals surface area contributed by atoms with Crippen molar-refractivity contribution in [2.24, 2.45) is 5.92 Å². The van der Waals surface area contributed by atoms with E-state index in [2.05, 4.69) is 5.32 Å². The van der Waals surface area contributed by atoms with Crippen molar-refractivity contribution in [3.8, 4) is 0 Å². The highest BCUT2D eigenvalue weighted by molar-refractivity contribution is 5.85. The fourth-order valence-corrected chi connectivity index (χ4v) is 1.91. The van der Waals surface area contributed by atoms with Crippen molar-refractivity contribution in [3.63, 3.8) is 0 Å². The SMILES string of the molecule is COCCNCC(=O)N1CCC(COC)C1.Cl. The Morgan fingerprint density at radius 2 is 2.18 bits per heavy atom. The highest BCUT2D eigenvalue weighted by Crippen LogP contribution is 2.15. The number of hydrogen-bond donors (Lipinski definition) is 1. The average molecular weight is 267 g/mol. The summed E-state index contributed by atoms with van der Waals surface area (Å²) < 4.78 is 9.99. The Bertz CT molecular complexity index is 217. The van der Waals surface area contributed by atoms with Crippen LogP contribution in [0.4, 0.5) is 0 Å². The predicted octanol–water partition coefficient (Wildman–Crippen LogP) is 0.139. The van der Waals surface area contributed by atoms with Gasteiger partial charge in [0.05, 0.1) is 19.8 Å². The normalized spacial score (nSPS) is 19.2. The zero-order chi connectivity index (χ0) is 11.8. The molecular weight excluding hydrogens is 244 g/mol. The van der Waals surface area contributed by atoms with Gasteiger partial charge in [-0.15, -0.1) is 12.4 Å². The highest BCUT2D eigenvalue weighted by Gasteiger charge is 2.25. The molecular formula is C11H23ClN2O3. The summed E-state index contributed by atoms with van der Waals surface area (Å²) in [4.78, 5) is 13.6. The van der Waals surface area contributed by atoms with Crippen molar-refractivity contribution in [1.82, 2.24) is 10.2 Å². The Kier molecular flexibility index (Phi) is 9.44. The van der Waals surface area contributed by atoms with Gasteiger partial charge in [-0.25, -0.2) is 0 Å². The zero-order valence-corrected chi connectivity index (χ0v) is 11.4. The van der Waals surface area contributed by atoms with Gasteiger partial charge in [0.25, 0.3) is 0 Å². The van der Waals surface area contributed by atoms with E-state index in [1.807, 2.05) is 4.90 Å². The molecule has 0 saturated carbocycles. The molecule has 0 radical (unpaired) electrons. The molecule has 0 aromatic rings. The Balaban J connectivity index is 0.00000256. The molecule has 1 aliphatic rings. The van der Waals surface area contributed by atoms with Crippen LogP contribution in [0.1, 0.15) is 6.42 Å². The van der Waals surface area contributed by atoms with E-state index in [0.29, 0.717) is 19.1 Å². The van der Waals surface area contributed by atoms with Gasteiger partial charge in [0.15, 0.2) is 0 Å². The predicted molar refractivity (Wildman–Crippen MR) is 68.6 cm³/mol. The van der Waals surface area contributed by atoms with Crippen LogP contribution in [0.3, 0.4) is 0 Å². The molecule has 0 aromatic heterocycles. The van der Waals surface area contributed by atoms with Gasteiger partial charge < -0.3 is 19.7 Å². The minimum Gasteiger partial charge on any atom is -0.384 e. The van der Waals surface area contributed by atoms with E-state index in [9.17, 15) is 4.79 Å². The first kappa shape index (κ1) is 16.6. The molecule has 1 aliphatic heterocycles. The van der Waals surface area contributed by atoms with Crippen molar-refractivity contribution in [2.45, 2.75) is 6.42 Å². The summed E-state index contributed by atoms with van der Waals surface area (Å²) in [5.74, 6) is 0.683. The zero-order valence-electron chi connectivity index (χ0n) is 10.6. The molecule has 1 unspecified atom stereocenters. The van der Waals surface area contributed by atoms with Gasteiger partial charge in [0.1, 0.15) is 0 Å². The van der Waals surface area contributed by atoms with Crippen LogP contribution in [0.25, 0.3) is 0 Å². The van der Waals surface area contributed by atoms with E-state index >= 15 is 0 Å². The number of rotatable bonds is 7. The topological polar surface area (TPSA) is 50.8 Å². The van der Waals surface area contributed by atoms with Crippen LogP contribution in [0, 0.1) is 5.92 Å². The molecule has 6 heteroatoms. The lowest BCUT2D eigenvalue weighted by Gasteiger charge is -2.16. The highest BCUT2D eigenvalue weighted by atomic mass is 35.5. The van der Waals surface area contributed by atoms with Crippen molar-refractivity contribution in [2.75, 3.05) is 53.6 Å². The van der Waals surface area contributed by atoms with Crippen LogP contribution in [0.5, 0.6) is 0 Å². The van der Waals surface area contributed by atoms with Gasteiger partial charge in [-0.3, -0.25) is 4.79 Å². The minimum atomic E-state index is 0. The van der Waals surface area contributed by atoms with E-state index in [0.717, 1.165) is 32.7 Å². The fourth-order valence-electron chi connectivity index (χ4n) is 1.91. The smallest absolute Gasteiger partial charge is 0.236 e. The number of nitrogens with one attached hydrogen (secondary N) is 1. The van der Waals surface area contributed by atoms with E-state index in [1.54, 1.807) is 14.2 Å². The summed E-state index contributed by atoms with van der Waals surface area (Å²) in [7, 11) is 3.36. The molecule has 1 fully saturated rings. The largest absolute Gasteiger partial charge is 0.384 e. The Morgan fingerprint density at radius 1 is 1.41 bits per heavy atom. The summed E-state index contributed by atoms with van der Waals surface area (Å²) >= 11 is 0. The lowest BCUT2D eigenvalue weighted by molar-refractivity contribution is -0.129. The van der Waals surface area contributed by atoms with Crippen molar-refractivity contribution in [1.29, 1.82) is 0 Å². The monoisotopic (exact) mass is 266 g/mol. The molecule has 1 N–H and O–H groups in total. The van der Waals surface area contributed by atoms with Crippen LogP contribution >= 0.6 is 12.4 Å². The minimum absolute atomic E-state index is 0. The molecule has 0 aliphatic carbocycles. The molecule has 0 aromatic carbocycles. The second-order valence-electron chi connectivity index (χ2n) is 4.12. The maximum Gasteiger partial charge on any atom is 0.236 e. The second kappa shape index (κ2) is 9.65. The summed E-state index contributed by atoms with van der Waals surface area (Å²) in [5, 5.41) is 3.06. The molecule has 1 rings (SSSR count). The lowest BCUT2D eigenvalue weighted by atomic mass is 10.1. The number of likely N-dealkylation sites (tertiary alicyclic amines) is 1. The first-order chi connectivity index (χ1) is 7.77. The number of halogens is 1. The Morgan fingerprint density at radius 3 is 2.82 bits per heavy atom. The molecule has 0 spiro atoms. The van der Waals surface area contributed by atoms with Gasteiger partial charge in [-0.2, -0.15) is 0 Å². The number of amides is 1. The second-order valence-corrected chi connectivity index (χ2v) is 4.12. The first-order valence-electron chi connectivity index (χ1n) is 5.74. The summed E-state index contributed by atoms with van der Waals surface area (Å²) in [6.45, 7) is 4.21. The molecule has 1 saturated heterocycles. The van der Waals surface area contributed by atoms with E-state index in [1.165, 1.54) is 0 Å². The van der Waals surface area contributed by atoms with Crippen molar-refractivity contribution < 1.29 is 14.3 Å². The number of nitrogens with zero attached hydrogens (tertiary/aromatic N) is 1. The van der Waals surface area contributed by atoms with E-state index in [4.69, 9.17) is 9.47 Å². The maximum atomic E-state index is 11.7. The van der Waals surface area contributed by atoms with E-state index in [-0.39, 0.29) is 18.3 Å². The number of carbonyl (C=O) groups is 1. The quantitative estimate of drug-likeness (QED) is 0.666. The number of ether oxygens (including phenoxy) is 2. The van der Waals surface area contributed by atoms with Crippen molar-refractivity contribution >= 4 is 18.3 Å². The van der Waals surface area contributed by atoms with Crippen LogP contribution in [0.2, 0.25) is 0 Å². The third-order valence-electron chi connectivity index (χ3n) is 2.80. The lowest BCUT2D eigenvalue weighted by Crippen LogP contribution is -2.37.